The Hall–Kier alpha value is -0.900. The summed E-state index contributed by atoms with van der Waals surface area (Å²) < 4.78 is 160. The largest absolute Gasteiger partial charge is 0.438 e. The molecule has 0 amide bonds. The van der Waals surface area contributed by atoms with Gasteiger partial charge in [0.05, 0.1) is 10.0 Å². The second-order valence-corrected chi connectivity index (χ2v) is 8.92. The minimum atomic E-state index is -7.59. The van der Waals surface area contributed by atoms with Crippen LogP contribution in [0.25, 0.3) is 0 Å². The number of sulfone groups is 1. The molecule has 0 aliphatic heterocycles. The molecule has 0 aromatic heterocycles. The summed E-state index contributed by atoms with van der Waals surface area (Å²) in [4.78, 5) is -2.00. The maximum absolute atomic E-state index is 13.9. The van der Waals surface area contributed by atoms with Crippen LogP contribution < -0.4 is 0 Å². The molecule has 0 bridgehead atoms. The normalized spacial score (nSPS) is 15.1. The van der Waals surface area contributed by atoms with Gasteiger partial charge in [-0.05, 0) is 12.1 Å². The summed E-state index contributed by atoms with van der Waals surface area (Å²) >= 11 is 10.5. The van der Waals surface area contributed by atoms with Crippen LogP contribution in [0.5, 0.6) is 0 Å². The zero-order chi connectivity index (χ0) is 21.9. The van der Waals surface area contributed by atoms with Gasteiger partial charge in [-0.25, -0.2) is 8.42 Å². The molecule has 0 unspecified atom stereocenters. The molecule has 17 heteroatoms. The zero-order valence-corrected chi connectivity index (χ0v) is 15.1. The van der Waals surface area contributed by atoms with E-state index >= 15 is 0 Å². The van der Waals surface area contributed by atoms with Crippen LogP contribution in [0, 0.1) is 0 Å². The van der Waals surface area contributed by atoms with E-state index in [1.165, 1.54) is 0 Å². The topological polar surface area (TPSA) is 88.5 Å². The fourth-order valence-electron chi connectivity index (χ4n) is 1.56. The Bertz CT molecular complexity index is 942. The molecule has 0 saturated carbocycles. The Morgan fingerprint density at radius 2 is 1.07 bits per heavy atom. The predicted molar refractivity (Wildman–Crippen MR) is 75.0 cm³/mol. The van der Waals surface area contributed by atoms with Crippen LogP contribution in [0.3, 0.4) is 0 Å². The first-order valence-electron chi connectivity index (χ1n) is 5.85. The third-order valence-electron chi connectivity index (χ3n) is 2.97. The number of halogens is 10. The Kier molecular flexibility index (Phi) is 5.88. The second-order valence-electron chi connectivity index (χ2n) is 4.71. The highest BCUT2D eigenvalue weighted by Gasteiger charge is 2.87. The van der Waals surface area contributed by atoms with E-state index in [1.54, 1.807) is 0 Å². The molecule has 1 rings (SSSR count). The highest BCUT2D eigenvalue weighted by molar-refractivity contribution is 7.92. The first-order chi connectivity index (χ1) is 11.7. The number of hydrogen-bond acceptors (Lipinski definition) is 4. The molecule has 156 valence electrons. The van der Waals surface area contributed by atoms with E-state index in [-0.39, 0.29) is 0 Å². The van der Waals surface area contributed by atoms with Crippen LogP contribution in [-0.4, -0.2) is 43.7 Å². The van der Waals surface area contributed by atoms with Gasteiger partial charge in [-0.15, -0.1) is 0 Å². The molecule has 27 heavy (non-hydrogen) atoms. The molecule has 0 spiro atoms. The van der Waals surface area contributed by atoms with Crippen molar-refractivity contribution in [3.8, 4) is 0 Å². The fraction of sp³-hybridized carbons (Fsp3) is 0.400. The molecular weight excluding hydrogens is 487 g/mol. The molecule has 0 aliphatic rings. The van der Waals surface area contributed by atoms with Gasteiger partial charge in [-0.2, -0.15) is 43.5 Å². The molecule has 0 atom stereocenters. The van der Waals surface area contributed by atoms with E-state index in [2.05, 4.69) is 0 Å². The Morgan fingerprint density at radius 3 is 1.41 bits per heavy atom. The molecule has 1 aromatic carbocycles. The van der Waals surface area contributed by atoms with Crippen LogP contribution in [0.4, 0.5) is 35.1 Å². The lowest BCUT2D eigenvalue weighted by Crippen LogP contribution is -2.66. The minimum Gasteiger partial charge on any atom is -0.281 e. The smallest absolute Gasteiger partial charge is 0.281 e. The van der Waals surface area contributed by atoms with Crippen LogP contribution in [0.15, 0.2) is 23.1 Å². The van der Waals surface area contributed by atoms with Crippen molar-refractivity contribution in [3.05, 3.63) is 28.2 Å². The van der Waals surface area contributed by atoms with E-state index in [0.29, 0.717) is 12.1 Å². The standard InChI is InChI=1S/C10H4Cl2F8O5S2/c11-4-2-1-3-5(12)6(4)26(21,22)9(17,18)7(13,14)8(15,16)10(19,20)27(23,24)25/h1-3H,(H,23,24,25). The third kappa shape index (κ3) is 3.26. The summed E-state index contributed by atoms with van der Waals surface area (Å²) in [6.07, 6.45) is 0. The fourth-order valence-corrected chi connectivity index (χ4v) is 4.39. The lowest BCUT2D eigenvalue weighted by Gasteiger charge is -2.34. The lowest BCUT2D eigenvalue weighted by atomic mass is 10.2. The maximum atomic E-state index is 13.9. The van der Waals surface area contributed by atoms with Gasteiger partial charge in [0.2, 0.25) is 0 Å². The Balaban J connectivity index is 3.80. The number of benzene rings is 1. The molecule has 0 aliphatic carbocycles. The van der Waals surface area contributed by atoms with Crippen molar-refractivity contribution in [1.82, 2.24) is 0 Å². The maximum Gasteiger partial charge on any atom is 0.438 e. The van der Waals surface area contributed by atoms with Gasteiger partial charge >= 0.3 is 32.5 Å². The molecule has 1 aromatic rings. The molecule has 0 radical (unpaired) electrons. The first-order valence-corrected chi connectivity index (χ1v) is 9.52. The summed E-state index contributed by atoms with van der Waals surface area (Å²) in [6, 6.07) is 1.90. The van der Waals surface area contributed by atoms with Crippen LogP contribution in [0.1, 0.15) is 0 Å². The molecule has 5 nitrogen and oxygen atoms in total. The van der Waals surface area contributed by atoms with E-state index in [0.717, 1.165) is 6.07 Å². The minimum absolute atomic E-state index is 0.527. The van der Waals surface area contributed by atoms with Gasteiger partial charge in [0.25, 0.3) is 9.84 Å². The monoisotopic (exact) mass is 490 g/mol. The number of alkyl halides is 8. The van der Waals surface area contributed by atoms with Crippen molar-refractivity contribution in [1.29, 1.82) is 0 Å². The predicted octanol–water partition coefficient (Wildman–Crippen LogP) is 4.11. The Labute approximate surface area is 155 Å². The van der Waals surface area contributed by atoms with Gasteiger partial charge < -0.3 is 0 Å². The SMILES string of the molecule is O=S(=O)(O)C(F)(F)C(F)(F)C(F)(F)C(F)(F)S(=O)(=O)c1c(Cl)cccc1Cl. The summed E-state index contributed by atoms with van der Waals surface area (Å²) in [6.45, 7) is 0. The van der Waals surface area contributed by atoms with Gasteiger partial charge in [0.1, 0.15) is 4.90 Å². The van der Waals surface area contributed by atoms with Crippen molar-refractivity contribution >= 4 is 43.2 Å². The average Bonchev–Trinajstić information content (AvgIpc) is 2.44. The van der Waals surface area contributed by atoms with Gasteiger partial charge in [0.15, 0.2) is 0 Å². The third-order valence-corrected chi connectivity index (χ3v) is 6.64. The summed E-state index contributed by atoms with van der Waals surface area (Å²) in [5.74, 6) is -15.1. The van der Waals surface area contributed by atoms with Crippen molar-refractivity contribution in [2.45, 2.75) is 27.2 Å². The molecular formula is C10H4Cl2F8O5S2. The number of hydrogen-bond donors (Lipinski definition) is 1. The average molecular weight is 491 g/mol. The van der Waals surface area contributed by atoms with Crippen LogP contribution >= 0.6 is 23.2 Å². The van der Waals surface area contributed by atoms with Crippen LogP contribution in [0.2, 0.25) is 10.0 Å². The summed E-state index contributed by atoms with van der Waals surface area (Å²) in [5, 5.41) is -16.7. The quantitative estimate of drug-likeness (QED) is 0.478. The van der Waals surface area contributed by atoms with Crippen molar-refractivity contribution < 1.29 is 56.5 Å². The van der Waals surface area contributed by atoms with E-state index in [9.17, 15) is 52.0 Å². The highest BCUT2D eigenvalue weighted by atomic mass is 35.5. The zero-order valence-electron chi connectivity index (χ0n) is 11.9. The van der Waals surface area contributed by atoms with E-state index in [1.807, 2.05) is 0 Å². The lowest BCUT2D eigenvalue weighted by molar-refractivity contribution is -0.326. The molecule has 0 saturated heterocycles. The van der Waals surface area contributed by atoms with Crippen LogP contribution in [-0.2, 0) is 20.0 Å². The number of rotatable bonds is 6. The van der Waals surface area contributed by atoms with Crippen molar-refractivity contribution in [2.24, 2.45) is 0 Å². The molecule has 0 fully saturated rings. The Morgan fingerprint density at radius 1 is 0.741 bits per heavy atom. The first kappa shape index (κ1) is 24.1. The van der Waals surface area contributed by atoms with E-state index < -0.39 is 57.3 Å². The van der Waals surface area contributed by atoms with Gasteiger partial charge in [-0.3, -0.25) is 4.55 Å². The molecule has 0 heterocycles. The van der Waals surface area contributed by atoms with Crippen molar-refractivity contribution in [2.75, 3.05) is 0 Å². The highest BCUT2D eigenvalue weighted by Crippen LogP contribution is 2.57. The van der Waals surface area contributed by atoms with E-state index in [4.69, 9.17) is 27.8 Å². The summed E-state index contributed by atoms with van der Waals surface area (Å²) in [5.41, 5.74) is 0. The molecule has 1 N–H and O–H groups in total. The van der Waals surface area contributed by atoms with Gasteiger partial charge in [-0.1, -0.05) is 29.3 Å². The van der Waals surface area contributed by atoms with Gasteiger partial charge in [0, 0.05) is 0 Å². The second kappa shape index (κ2) is 6.57. The van der Waals surface area contributed by atoms with Crippen molar-refractivity contribution in [3.63, 3.8) is 0 Å². The summed E-state index contributed by atoms with van der Waals surface area (Å²) in [7, 11) is -14.4.